The predicted molar refractivity (Wildman–Crippen MR) is 109 cm³/mol. The van der Waals surface area contributed by atoms with Crippen molar-refractivity contribution in [2.75, 3.05) is 26.1 Å². The smallest absolute Gasteiger partial charge is 0.253 e. The van der Waals surface area contributed by atoms with Crippen LogP contribution in [-0.4, -0.2) is 45.4 Å². The van der Waals surface area contributed by atoms with Crippen molar-refractivity contribution < 1.29 is 22.7 Å². The molecule has 1 N–H and O–H groups in total. The van der Waals surface area contributed by atoms with Gasteiger partial charge in [0.1, 0.15) is 21.8 Å². The van der Waals surface area contributed by atoms with E-state index >= 15 is 0 Å². The molecular weight excluding hydrogens is 447 g/mol. The summed E-state index contributed by atoms with van der Waals surface area (Å²) in [5, 5.41) is 3.06. The standard InChI is InChI=1S/C17H18Cl2N2O5S2/c1-25-13-9-11(14(26-2)8-10(13)18)20-17(22)12-4-3-7-21(12)28(23,24)16-6-5-15(19)27-16/h5-6,8-9,12H,3-4,7H2,1-2H3,(H,20,22)/t12-/m1/s1. The molecule has 3 rings (SSSR count). The summed E-state index contributed by atoms with van der Waals surface area (Å²) in [4.78, 5) is 12.9. The van der Waals surface area contributed by atoms with Crippen LogP contribution < -0.4 is 14.8 Å². The number of anilines is 1. The highest BCUT2D eigenvalue weighted by atomic mass is 35.5. The molecule has 2 aromatic rings. The summed E-state index contributed by atoms with van der Waals surface area (Å²) < 4.78 is 38.0. The molecule has 0 spiro atoms. The van der Waals surface area contributed by atoms with Gasteiger partial charge in [0.05, 0.1) is 29.3 Å². The summed E-state index contributed by atoms with van der Waals surface area (Å²) in [7, 11) is -0.910. The molecule has 1 aromatic carbocycles. The maximum atomic E-state index is 12.9. The van der Waals surface area contributed by atoms with E-state index in [1.165, 1.54) is 42.8 Å². The Morgan fingerprint density at radius 1 is 1.21 bits per heavy atom. The molecular formula is C17H18Cl2N2O5S2. The molecule has 0 radical (unpaired) electrons. The lowest BCUT2D eigenvalue weighted by molar-refractivity contribution is -0.119. The van der Waals surface area contributed by atoms with E-state index in [1.807, 2.05) is 0 Å². The topological polar surface area (TPSA) is 84.9 Å². The molecule has 1 aromatic heterocycles. The van der Waals surface area contributed by atoms with E-state index in [0.29, 0.717) is 39.4 Å². The van der Waals surface area contributed by atoms with Crippen LogP contribution in [0.5, 0.6) is 11.5 Å². The third-order valence-corrected chi connectivity index (χ3v) is 8.25. The van der Waals surface area contributed by atoms with Gasteiger partial charge < -0.3 is 14.8 Å². The Morgan fingerprint density at radius 3 is 2.54 bits per heavy atom. The predicted octanol–water partition coefficient (Wildman–Crippen LogP) is 3.86. The molecule has 28 heavy (non-hydrogen) atoms. The lowest BCUT2D eigenvalue weighted by Crippen LogP contribution is -2.42. The Kier molecular flexibility index (Phi) is 6.41. The number of ether oxygens (including phenoxy) is 2. The second kappa shape index (κ2) is 8.46. The molecule has 1 saturated heterocycles. The molecule has 7 nitrogen and oxygen atoms in total. The minimum atomic E-state index is -3.81. The number of methoxy groups -OCH3 is 2. The number of sulfonamides is 1. The monoisotopic (exact) mass is 464 g/mol. The van der Waals surface area contributed by atoms with Gasteiger partial charge in [0.15, 0.2) is 0 Å². The molecule has 11 heteroatoms. The average molecular weight is 465 g/mol. The van der Waals surface area contributed by atoms with Crippen LogP contribution in [0.15, 0.2) is 28.5 Å². The van der Waals surface area contributed by atoms with E-state index in [0.717, 1.165) is 11.3 Å². The zero-order valence-electron chi connectivity index (χ0n) is 15.1. The quantitative estimate of drug-likeness (QED) is 0.701. The van der Waals surface area contributed by atoms with Crippen molar-refractivity contribution in [3.05, 3.63) is 33.6 Å². The minimum Gasteiger partial charge on any atom is -0.495 e. The SMILES string of the molecule is COc1cc(NC(=O)[C@H]2CCCN2S(=O)(=O)c2ccc(Cl)s2)c(OC)cc1Cl. The first-order valence-corrected chi connectivity index (χ1v) is 11.3. The summed E-state index contributed by atoms with van der Waals surface area (Å²) in [5.41, 5.74) is 0.345. The van der Waals surface area contributed by atoms with Crippen molar-refractivity contribution in [2.24, 2.45) is 0 Å². The van der Waals surface area contributed by atoms with Gasteiger partial charge in [-0.2, -0.15) is 4.31 Å². The van der Waals surface area contributed by atoms with E-state index in [-0.39, 0.29) is 10.8 Å². The molecule has 1 aliphatic rings. The number of benzene rings is 1. The van der Waals surface area contributed by atoms with Gasteiger partial charge in [-0.1, -0.05) is 23.2 Å². The van der Waals surface area contributed by atoms with Crippen LogP contribution in [0.4, 0.5) is 5.69 Å². The molecule has 2 heterocycles. The summed E-state index contributed by atoms with van der Waals surface area (Å²) >= 11 is 12.9. The van der Waals surface area contributed by atoms with Crippen LogP contribution in [0.25, 0.3) is 0 Å². The number of carbonyl (C=O) groups is 1. The van der Waals surface area contributed by atoms with Gasteiger partial charge in [-0.25, -0.2) is 8.42 Å². The number of carbonyl (C=O) groups excluding carboxylic acids is 1. The van der Waals surface area contributed by atoms with Crippen molar-refractivity contribution >= 4 is 56.2 Å². The van der Waals surface area contributed by atoms with Crippen LogP contribution in [-0.2, 0) is 14.8 Å². The fourth-order valence-electron chi connectivity index (χ4n) is 3.02. The van der Waals surface area contributed by atoms with E-state index in [1.54, 1.807) is 0 Å². The van der Waals surface area contributed by atoms with Crippen LogP contribution in [0.2, 0.25) is 9.36 Å². The highest BCUT2D eigenvalue weighted by Gasteiger charge is 2.40. The Bertz CT molecular complexity index is 993. The number of nitrogens with zero attached hydrogens (tertiary/aromatic N) is 1. The molecule has 1 fully saturated rings. The van der Waals surface area contributed by atoms with Crippen LogP contribution in [0.1, 0.15) is 12.8 Å². The third-order valence-electron chi connectivity index (χ3n) is 4.35. The molecule has 1 aliphatic heterocycles. The first-order chi connectivity index (χ1) is 13.3. The van der Waals surface area contributed by atoms with Crippen molar-refractivity contribution in [1.29, 1.82) is 0 Å². The first-order valence-electron chi connectivity index (χ1n) is 8.27. The number of hydrogen-bond donors (Lipinski definition) is 1. The fraction of sp³-hybridized carbons (Fsp3) is 0.353. The van der Waals surface area contributed by atoms with Crippen molar-refractivity contribution in [2.45, 2.75) is 23.1 Å². The zero-order chi connectivity index (χ0) is 20.5. The number of thiophene rings is 1. The van der Waals surface area contributed by atoms with Crippen molar-refractivity contribution in [3.63, 3.8) is 0 Å². The molecule has 152 valence electrons. The summed E-state index contributed by atoms with van der Waals surface area (Å²) in [6.45, 7) is 0.261. The highest BCUT2D eigenvalue weighted by molar-refractivity contribution is 7.91. The van der Waals surface area contributed by atoms with E-state index in [2.05, 4.69) is 5.32 Å². The maximum absolute atomic E-state index is 12.9. The largest absolute Gasteiger partial charge is 0.495 e. The Hall–Kier alpha value is -1.52. The summed E-state index contributed by atoms with van der Waals surface area (Å²) in [6, 6.07) is 5.19. The van der Waals surface area contributed by atoms with Gasteiger partial charge in [0.2, 0.25) is 5.91 Å². The number of nitrogens with one attached hydrogen (secondary N) is 1. The van der Waals surface area contributed by atoms with Gasteiger partial charge >= 0.3 is 0 Å². The number of hydrogen-bond acceptors (Lipinski definition) is 6. The van der Waals surface area contributed by atoms with Crippen molar-refractivity contribution in [1.82, 2.24) is 4.31 Å². The summed E-state index contributed by atoms with van der Waals surface area (Å²) in [6.07, 6.45) is 0.995. The number of amides is 1. The Labute approximate surface area is 177 Å². The maximum Gasteiger partial charge on any atom is 0.253 e. The number of rotatable bonds is 6. The highest BCUT2D eigenvalue weighted by Crippen LogP contribution is 2.37. The minimum absolute atomic E-state index is 0.114. The second-order valence-corrected chi connectivity index (χ2v) is 10.2. The first kappa shape index (κ1) is 21.2. The van der Waals surface area contributed by atoms with E-state index < -0.39 is 22.0 Å². The van der Waals surface area contributed by atoms with E-state index in [4.69, 9.17) is 32.7 Å². The lowest BCUT2D eigenvalue weighted by Gasteiger charge is -2.23. The normalized spacial score (nSPS) is 17.5. The van der Waals surface area contributed by atoms with Gasteiger partial charge in [0, 0.05) is 18.7 Å². The molecule has 0 bridgehead atoms. The fourth-order valence-corrected chi connectivity index (χ4v) is 6.52. The molecule has 0 unspecified atom stereocenters. The van der Waals surface area contributed by atoms with Crippen LogP contribution in [0, 0.1) is 0 Å². The van der Waals surface area contributed by atoms with E-state index in [9.17, 15) is 13.2 Å². The van der Waals surface area contributed by atoms with Gasteiger partial charge in [-0.15, -0.1) is 11.3 Å². The van der Waals surface area contributed by atoms with Gasteiger partial charge in [-0.05, 0) is 25.0 Å². The van der Waals surface area contributed by atoms with Crippen molar-refractivity contribution in [3.8, 4) is 11.5 Å². The second-order valence-electron chi connectivity index (χ2n) is 6.01. The number of halogens is 2. The van der Waals surface area contributed by atoms with Crippen LogP contribution in [0.3, 0.4) is 0 Å². The van der Waals surface area contributed by atoms with Crippen LogP contribution >= 0.6 is 34.5 Å². The lowest BCUT2D eigenvalue weighted by atomic mass is 10.2. The Balaban J connectivity index is 1.86. The molecule has 0 aliphatic carbocycles. The van der Waals surface area contributed by atoms with Gasteiger partial charge in [-0.3, -0.25) is 4.79 Å². The zero-order valence-corrected chi connectivity index (χ0v) is 18.2. The summed E-state index contributed by atoms with van der Waals surface area (Å²) in [5.74, 6) is 0.255. The Morgan fingerprint density at radius 2 is 1.93 bits per heavy atom. The average Bonchev–Trinajstić information content (AvgIpc) is 3.32. The molecule has 1 atom stereocenters. The van der Waals surface area contributed by atoms with Gasteiger partial charge in [0.25, 0.3) is 10.0 Å². The molecule has 0 saturated carbocycles. The molecule has 1 amide bonds. The third kappa shape index (κ3) is 4.08.